The minimum absolute atomic E-state index is 1.37. The summed E-state index contributed by atoms with van der Waals surface area (Å²) < 4.78 is 0. The van der Waals surface area contributed by atoms with Gasteiger partial charge in [-0.25, -0.2) is 0 Å². The molecule has 0 spiro atoms. The highest BCUT2D eigenvalue weighted by molar-refractivity contribution is 4.64. The van der Waals surface area contributed by atoms with E-state index < -0.39 is 0 Å². The summed E-state index contributed by atoms with van der Waals surface area (Å²) in [5.74, 6) is 0. The molecule has 0 N–H and O–H groups in total. The molecule has 0 unspecified atom stereocenters. The SMILES string of the molecule is CCCCCCCCCC[CH]CCCCCCCCCCCCCCCCC. The molecular weight excluding hydrogens is 336 g/mol. The van der Waals surface area contributed by atoms with Gasteiger partial charge in [-0.15, -0.1) is 0 Å². The van der Waals surface area contributed by atoms with Gasteiger partial charge in [-0.1, -0.05) is 174 Å². The van der Waals surface area contributed by atoms with Gasteiger partial charge >= 0.3 is 0 Å². The number of hydrogen-bond donors (Lipinski definition) is 0. The fourth-order valence-electron chi connectivity index (χ4n) is 4.23. The third-order valence-corrected chi connectivity index (χ3v) is 6.27. The van der Waals surface area contributed by atoms with Crippen LogP contribution in [0.4, 0.5) is 0 Å². The Morgan fingerprint density at radius 1 is 0.286 bits per heavy atom. The summed E-state index contributed by atoms with van der Waals surface area (Å²) in [4.78, 5) is 0. The maximum atomic E-state index is 2.57. The van der Waals surface area contributed by atoms with Crippen molar-refractivity contribution in [2.45, 2.75) is 174 Å². The van der Waals surface area contributed by atoms with Gasteiger partial charge in [0.25, 0.3) is 0 Å². The van der Waals surface area contributed by atoms with Crippen LogP contribution in [0, 0.1) is 6.42 Å². The third-order valence-electron chi connectivity index (χ3n) is 6.27. The largest absolute Gasteiger partial charge is 0.0654 e. The molecule has 0 aliphatic heterocycles. The van der Waals surface area contributed by atoms with Gasteiger partial charge < -0.3 is 0 Å². The highest BCUT2D eigenvalue weighted by Gasteiger charge is 1.96. The molecule has 0 aromatic carbocycles. The maximum absolute atomic E-state index is 2.57. The van der Waals surface area contributed by atoms with E-state index in [2.05, 4.69) is 20.3 Å². The monoisotopic (exact) mass is 393 g/mol. The molecule has 0 fully saturated rings. The Morgan fingerprint density at radius 2 is 0.500 bits per heavy atom. The average molecular weight is 394 g/mol. The minimum Gasteiger partial charge on any atom is -0.0654 e. The van der Waals surface area contributed by atoms with Gasteiger partial charge in [-0.3, -0.25) is 0 Å². The molecule has 0 nitrogen and oxygen atoms in total. The summed E-state index contributed by atoms with van der Waals surface area (Å²) >= 11 is 0. The molecule has 0 aromatic heterocycles. The zero-order valence-corrected chi connectivity index (χ0v) is 20.3. The van der Waals surface area contributed by atoms with E-state index in [4.69, 9.17) is 0 Å². The Hall–Kier alpha value is 0. The molecular formula is C28H57. The Morgan fingerprint density at radius 3 is 0.750 bits per heavy atom. The van der Waals surface area contributed by atoms with Crippen LogP contribution in [0.2, 0.25) is 0 Å². The summed E-state index contributed by atoms with van der Waals surface area (Å²) in [6.45, 7) is 4.60. The van der Waals surface area contributed by atoms with Crippen LogP contribution in [-0.2, 0) is 0 Å². The maximum Gasteiger partial charge on any atom is -0.0386 e. The smallest absolute Gasteiger partial charge is 0.0386 e. The lowest BCUT2D eigenvalue weighted by atomic mass is 10.0. The van der Waals surface area contributed by atoms with Crippen LogP contribution in [0.1, 0.15) is 174 Å². The molecule has 169 valence electrons. The van der Waals surface area contributed by atoms with Crippen LogP contribution in [-0.4, -0.2) is 0 Å². The zero-order valence-electron chi connectivity index (χ0n) is 20.3. The second kappa shape index (κ2) is 27.0. The van der Waals surface area contributed by atoms with Crippen LogP contribution in [0.3, 0.4) is 0 Å². The number of rotatable bonds is 25. The van der Waals surface area contributed by atoms with Crippen molar-refractivity contribution in [1.29, 1.82) is 0 Å². The molecule has 0 rings (SSSR count). The van der Waals surface area contributed by atoms with Crippen molar-refractivity contribution in [3.63, 3.8) is 0 Å². The third kappa shape index (κ3) is 26.0. The van der Waals surface area contributed by atoms with Gasteiger partial charge in [0.1, 0.15) is 0 Å². The highest BCUT2D eigenvalue weighted by Crippen LogP contribution is 2.15. The van der Waals surface area contributed by atoms with Crippen molar-refractivity contribution >= 4 is 0 Å². The van der Waals surface area contributed by atoms with Gasteiger partial charge in [0.15, 0.2) is 0 Å². The second-order valence-corrected chi connectivity index (χ2v) is 9.29. The van der Waals surface area contributed by atoms with Gasteiger partial charge in [0.2, 0.25) is 0 Å². The first-order chi connectivity index (χ1) is 13.9. The molecule has 1 radical (unpaired) electrons. The summed E-state index contributed by atoms with van der Waals surface area (Å²) in [5, 5.41) is 0. The zero-order chi connectivity index (χ0) is 20.4. The van der Waals surface area contributed by atoms with Crippen LogP contribution >= 0.6 is 0 Å². The first-order valence-electron chi connectivity index (χ1n) is 13.7. The molecule has 0 heteroatoms. The van der Waals surface area contributed by atoms with Gasteiger partial charge in [0.05, 0.1) is 0 Å². The average Bonchev–Trinajstić information content (AvgIpc) is 2.71. The predicted octanol–water partition coefficient (Wildman–Crippen LogP) is 11.0. The molecule has 28 heavy (non-hydrogen) atoms. The van der Waals surface area contributed by atoms with Crippen LogP contribution < -0.4 is 0 Å². The van der Waals surface area contributed by atoms with Crippen LogP contribution in [0.5, 0.6) is 0 Å². The second-order valence-electron chi connectivity index (χ2n) is 9.29. The molecule has 0 amide bonds. The molecule has 0 aliphatic carbocycles. The van der Waals surface area contributed by atoms with Crippen molar-refractivity contribution in [2.24, 2.45) is 0 Å². The Balaban J connectivity index is 2.96. The Kier molecular flexibility index (Phi) is 27.0. The van der Waals surface area contributed by atoms with Crippen molar-refractivity contribution < 1.29 is 0 Å². The normalized spacial score (nSPS) is 11.4. The lowest BCUT2D eigenvalue weighted by Gasteiger charge is -2.04. The lowest BCUT2D eigenvalue weighted by Crippen LogP contribution is -1.85. The molecule has 0 bridgehead atoms. The van der Waals surface area contributed by atoms with E-state index in [1.807, 2.05) is 0 Å². The van der Waals surface area contributed by atoms with E-state index in [0.717, 1.165) is 0 Å². The molecule has 0 saturated carbocycles. The summed E-state index contributed by atoms with van der Waals surface area (Å²) in [5.41, 5.74) is 0. The first kappa shape index (κ1) is 28.0. The molecule has 0 atom stereocenters. The quantitative estimate of drug-likeness (QED) is 0.135. The van der Waals surface area contributed by atoms with E-state index in [1.165, 1.54) is 161 Å². The van der Waals surface area contributed by atoms with Gasteiger partial charge in [-0.2, -0.15) is 0 Å². The Labute approximate surface area is 181 Å². The van der Waals surface area contributed by atoms with Gasteiger partial charge in [-0.05, 0) is 6.42 Å². The topological polar surface area (TPSA) is 0 Å². The number of unbranched alkanes of at least 4 members (excludes halogenated alkanes) is 25. The molecule has 0 aromatic rings. The lowest BCUT2D eigenvalue weighted by molar-refractivity contribution is 0.530. The standard InChI is InChI=1S/C28H57/c1-3-5-7-9-11-13-15-17-19-21-23-25-27-28-26-24-22-20-18-16-14-12-10-8-6-4-2/h21H,3-20,22-28H2,1-2H3. The van der Waals surface area contributed by atoms with Crippen molar-refractivity contribution in [3.8, 4) is 0 Å². The van der Waals surface area contributed by atoms with E-state index in [0.29, 0.717) is 0 Å². The van der Waals surface area contributed by atoms with E-state index >= 15 is 0 Å². The van der Waals surface area contributed by atoms with E-state index in [-0.39, 0.29) is 0 Å². The summed E-state index contributed by atoms with van der Waals surface area (Å²) in [6, 6.07) is 0. The van der Waals surface area contributed by atoms with E-state index in [9.17, 15) is 0 Å². The van der Waals surface area contributed by atoms with Crippen LogP contribution in [0.25, 0.3) is 0 Å². The number of hydrogen-bond acceptors (Lipinski definition) is 0. The van der Waals surface area contributed by atoms with Crippen molar-refractivity contribution in [1.82, 2.24) is 0 Å². The summed E-state index contributed by atoms with van der Waals surface area (Å²) in [7, 11) is 0. The van der Waals surface area contributed by atoms with Crippen molar-refractivity contribution in [3.05, 3.63) is 6.42 Å². The summed E-state index contributed by atoms with van der Waals surface area (Å²) in [6.07, 6.45) is 38.9. The fraction of sp³-hybridized carbons (Fsp3) is 0.964. The minimum atomic E-state index is 1.37. The van der Waals surface area contributed by atoms with Crippen LogP contribution in [0.15, 0.2) is 0 Å². The molecule has 0 saturated heterocycles. The van der Waals surface area contributed by atoms with Crippen molar-refractivity contribution in [2.75, 3.05) is 0 Å². The predicted molar refractivity (Wildman–Crippen MR) is 131 cm³/mol. The highest BCUT2D eigenvalue weighted by atomic mass is 14.0. The molecule has 0 heterocycles. The molecule has 0 aliphatic rings. The van der Waals surface area contributed by atoms with E-state index in [1.54, 1.807) is 0 Å². The van der Waals surface area contributed by atoms with Gasteiger partial charge in [0, 0.05) is 0 Å². The fourth-order valence-corrected chi connectivity index (χ4v) is 4.23. The first-order valence-corrected chi connectivity index (χ1v) is 13.7. The Bertz CT molecular complexity index is 218.